The average Bonchev–Trinajstić information content (AvgIpc) is 2.76. The maximum Gasteiger partial charge on any atom is 0.220 e. The third kappa shape index (κ3) is 3.23. The molecule has 0 aromatic rings. The third-order valence-electron chi connectivity index (χ3n) is 4.61. The first-order valence-corrected chi connectivity index (χ1v) is 7.26. The molecular formula is C14H26N2O2. The van der Waals surface area contributed by atoms with Gasteiger partial charge in [0.05, 0.1) is 12.1 Å². The van der Waals surface area contributed by atoms with Gasteiger partial charge in [-0.25, -0.2) is 0 Å². The van der Waals surface area contributed by atoms with Gasteiger partial charge in [0.25, 0.3) is 0 Å². The van der Waals surface area contributed by atoms with Gasteiger partial charge in [0.1, 0.15) is 0 Å². The van der Waals surface area contributed by atoms with Crippen molar-refractivity contribution in [1.29, 1.82) is 0 Å². The van der Waals surface area contributed by atoms with E-state index in [9.17, 15) is 4.79 Å². The Kier molecular flexibility index (Phi) is 4.62. The highest BCUT2D eigenvalue weighted by atomic mass is 16.5. The smallest absolute Gasteiger partial charge is 0.220 e. The summed E-state index contributed by atoms with van der Waals surface area (Å²) in [5, 5.41) is 3.12. The van der Waals surface area contributed by atoms with E-state index in [0.717, 1.165) is 25.9 Å². The van der Waals surface area contributed by atoms with Crippen LogP contribution < -0.4 is 11.1 Å². The summed E-state index contributed by atoms with van der Waals surface area (Å²) in [7, 11) is 0. The van der Waals surface area contributed by atoms with E-state index >= 15 is 0 Å². The van der Waals surface area contributed by atoms with E-state index in [1.807, 2.05) is 6.92 Å². The van der Waals surface area contributed by atoms with E-state index in [2.05, 4.69) is 5.32 Å². The summed E-state index contributed by atoms with van der Waals surface area (Å²) in [6.45, 7) is 3.42. The fourth-order valence-corrected chi connectivity index (χ4v) is 3.27. The molecule has 1 aliphatic carbocycles. The maximum absolute atomic E-state index is 12.2. The zero-order valence-electron chi connectivity index (χ0n) is 11.4. The van der Waals surface area contributed by atoms with Crippen LogP contribution >= 0.6 is 0 Å². The first-order valence-electron chi connectivity index (χ1n) is 7.26. The van der Waals surface area contributed by atoms with Crippen molar-refractivity contribution in [2.45, 2.75) is 64.0 Å². The summed E-state index contributed by atoms with van der Waals surface area (Å²) in [5.41, 5.74) is 5.98. The number of carbonyl (C=O) groups is 1. The first kappa shape index (κ1) is 13.8. The molecule has 1 saturated carbocycles. The number of nitrogens with one attached hydrogen (secondary N) is 1. The monoisotopic (exact) mass is 254 g/mol. The van der Waals surface area contributed by atoms with Gasteiger partial charge >= 0.3 is 0 Å². The van der Waals surface area contributed by atoms with Crippen LogP contribution in [-0.2, 0) is 9.53 Å². The fourth-order valence-electron chi connectivity index (χ4n) is 3.27. The lowest BCUT2D eigenvalue weighted by Gasteiger charge is -2.36. The van der Waals surface area contributed by atoms with Gasteiger partial charge < -0.3 is 15.8 Å². The zero-order chi connectivity index (χ0) is 13.0. The molecule has 0 radical (unpaired) electrons. The molecule has 104 valence electrons. The van der Waals surface area contributed by atoms with Gasteiger partial charge in [-0.3, -0.25) is 4.79 Å². The predicted octanol–water partition coefficient (Wildman–Crippen LogP) is 1.58. The molecule has 1 amide bonds. The van der Waals surface area contributed by atoms with Crippen LogP contribution in [0.3, 0.4) is 0 Å². The van der Waals surface area contributed by atoms with Crippen molar-refractivity contribution in [2.24, 2.45) is 11.1 Å². The summed E-state index contributed by atoms with van der Waals surface area (Å²) < 4.78 is 5.47. The molecule has 4 heteroatoms. The lowest BCUT2D eigenvalue weighted by Crippen LogP contribution is -2.44. The quantitative estimate of drug-likeness (QED) is 0.800. The van der Waals surface area contributed by atoms with Gasteiger partial charge in [-0.15, -0.1) is 0 Å². The molecule has 1 saturated heterocycles. The van der Waals surface area contributed by atoms with E-state index in [1.165, 1.54) is 19.3 Å². The van der Waals surface area contributed by atoms with E-state index in [1.54, 1.807) is 0 Å². The lowest BCUT2D eigenvalue weighted by atomic mass is 9.71. The van der Waals surface area contributed by atoms with E-state index in [4.69, 9.17) is 10.5 Å². The minimum Gasteiger partial charge on any atom is -0.376 e. The number of hydrogen-bond acceptors (Lipinski definition) is 3. The molecule has 2 aliphatic rings. The van der Waals surface area contributed by atoms with Crippen LogP contribution in [0.4, 0.5) is 0 Å². The maximum atomic E-state index is 12.2. The first-order chi connectivity index (χ1) is 8.65. The Balaban J connectivity index is 1.85. The molecule has 3 N–H and O–H groups in total. The molecular weight excluding hydrogens is 228 g/mol. The average molecular weight is 254 g/mol. The highest BCUT2D eigenvalue weighted by molar-refractivity contribution is 5.77. The molecule has 0 spiro atoms. The summed E-state index contributed by atoms with van der Waals surface area (Å²) in [5.74, 6) is 0.157. The highest BCUT2D eigenvalue weighted by Gasteiger charge is 2.34. The molecule has 0 bridgehead atoms. The highest BCUT2D eigenvalue weighted by Crippen LogP contribution is 2.38. The second kappa shape index (κ2) is 6.02. The van der Waals surface area contributed by atoms with Crippen LogP contribution in [0.5, 0.6) is 0 Å². The molecule has 4 nitrogen and oxygen atoms in total. The van der Waals surface area contributed by atoms with Crippen molar-refractivity contribution < 1.29 is 9.53 Å². The standard InChI is InChI=1S/C14H26N2O2/c1-11-12(5-8-18-11)16-13(17)9-14(10-15)6-3-2-4-7-14/h11-12H,2-10,15H2,1H3,(H,16,17). The number of amides is 1. The van der Waals surface area contributed by atoms with E-state index in [-0.39, 0.29) is 23.5 Å². The lowest BCUT2D eigenvalue weighted by molar-refractivity contribution is -0.125. The molecule has 0 aromatic heterocycles. The number of ether oxygens (including phenoxy) is 1. The van der Waals surface area contributed by atoms with Crippen LogP contribution in [0.2, 0.25) is 0 Å². The molecule has 2 unspecified atom stereocenters. The molecule has 1 aliphatic heterocycles. The Morgan fingerprint density at radius 2 is 2.11 bits per heavy atom. The largest absolute Gasteiger partial charge is 0.376 e. The summed E-state index contributed by atoms with van der Waals surface area (Å²) in [6, 6.07) is 0.191. The third-order valence-corrected chi connectivity index (χ3v) is 4.61. The second-order valence-corrected chi connectivity index (χ2v) is 5.98. The second-order valence-electron chi connectivity index (χ2n) is 5.98. The van der Waals surface area contributed by atoms with Crippen molar-refractivity contribution in [3.63, 3.8) is 0 Å². The SMILES string of the molecule is CC1OCCC1NC(=O)CC1(CN)CCCCC1. The Morgan fingerprint density at radius 3 is 2.67 bits per heavy atom. The van der Waals surface area contributed by atoms with Gasteiger partial charge in [-0.2, -0.15) is 0 Å². The topological polar surface area (TPSA) is 64.3 Å². The molecule has 1 heterocycles. The minimum atomic E-state index is 0.0605. The normalized spacial score (nSPS) is 31.2. The van der Waals surface area contributed by atoms with Crippen molar-refractivity contribution in [1.82, 2.24) is 5.32 Å². The van der Waals surface area contributed by atoms with Crippen molar-refractivity contribution in [3.8, 4) is 0 Å². The van der Waals surface area contributed by atoms with Gasteiger partial charge in [0.15, 0.2) is 0 Å². The number of carbonyl (C=O) groups excluding carboxylic acids is 1. The Hall–Kier alpha value is -0.610. The Bertz CT molecular complexity index is 288. The summed E-state index contributed by atoms with van der Waals surface area (Å²) in [6.07, 6.45) is 7.60. The van der Waals surface area contributed by atoms with Gasteiger partial charge in [0, 0.05) is 13.0 Å². The zero-order valence-corrected chi connectivity index (χ0v) is 11.4. The van der Waals surface area contributed by atoms with Crippen LogP contribution in [0.1, 0.15) is 51.9 Å². The fraction of sp³-hybridized carbons (Fsp3) is 0.929. The molecule has 2 rings (SSSR count). The number of rotatable bonds is 4. The number of hydrogen-bond donors (Lipinski definition) is 2. The van der Waals surface area contributed by atoms with Gasteiger partial charge in [0.2, 0.25) is 5.91 Å². The summed E-state index contributed by atoms with van der Waals surface area (Å²) >= 11 is 0. The Morgan fingerprint density at radius 1 is 1.39 bits per heavy atom. The van der Waals surface area contributed by atoms with Crippen LogP contribution in [0.25, 0.3) is 0 Å². The van der Waals surface area contributed by atoms with Crippen LogP contribution in [-0.4, -0.2) is 31.2 Å². The minimum absolute atomic E-state index is 0.0605. The predicted molar refractivity (Wildman–Crippen MR) is 71.2 cm³/mol. The van der Waals surface area contributed by atoms with Crippen LogP contribution in [0.15, 0.2) is 0 Å². The Labute approximate surface area is 110 Å². The van der Waals surface area contributed by atoms with Crippen molar-refractivity contribution in [3.05, 3.63) is 0 Å². The number of nitrogens with two attached hydrogens (primary N) is 1. The molecule has 0 aromatic carbocycles. The van der Waals surface area contributed by atoms with E-state index in [0.29, 0.717) is 13.0 Å². The molecule has 2 fully saturated rings. The van der Waals surface area contributed by atoms with Gasteiger partial charge in [-0.1, -0.05) is 19.3 Å². The van der Waals surface area contributed by atoms with E-state index < -0.39 is 0 Å². The molecule has 2 atom stereocenters. The van der Waals surface area contributed by atoms with Crippen LogP contribution in [0, 0.1) is 5.41 Å². The summed E-state index contributed by atoms with van der Waals surface area (Å²) in [4.78, 5) is 12.2. The molecule has 18 heavy (non-hydrogen) atoms. The van der Waals surface area contributed by atoms with Crippen molar-refractivity contribution >= 4 is 5.91 Å². The van der Waals surface area contributed by atoms with Gasteiger partial charge in [-0.05, 0) is 38.1 Å². The van der Waals surface area contributed by atoms with Crippen molar-refractivity contribution in [2.75, 3.05) is 13.2 Å².